The summed E-state index contributed by atoms with van der Waals surface area (Å²) in [6.45, 7) is 1.11. The summed E-state index contributed by atoms with van der Waals surface area (Å²) in [7, 11) is 3.15. The van der Waals surface area contributed by atoms with E-state index in [0.29, 0.717) is 24.6 Å². The number of halogens is 3. The minimum Gasteiger partial charge on any atom is -0.497 e. The largest absolute Gasteiger partial charge is 0.497 e. The molecule has 27 heavy (non-hydrogen) atoms. The lowest BCUT2D eigenvalue weighted by molar-refractivity contribution is -0.141. The molecule has 0 spiro atoms. The number of hydrogen-bond acceptors (Lipinski definition) is 6. The van der Waals surface area contributed by atoms with Crippen molar-refractivity contribution in [3.63, 3.8) is 0 Å². The maximum Gasteiger partial charge on any atom is 0.433 e. The van der Waals surface area contributed by atoms with Crippen LogP contribution in [0.4, 0.5) is 24.8 Å². The van der Waals surface area contributed by atoms with E-state index in [1.807, 2.05) is 12.1 Å². The predicted molar refractivity (Wildman–Crippen MR) is 95.4 cm³/mol. The molecule has 0 aliphatic carbocycles. The van der Waals surface area contributed by atoms with Gasteiger partial charge in [-0.2, -0.15) is 13.2 Å². The summed E-state index contributed by atoms with van der Waals surface area (Å²) >= 11 is 0. The first-order valence-electron chi connectivity index (χ1n) is 8.54. The Balaban J connectivity index is 1.73. The highest BCUT2D eigenvalue weighted by Gasteiger charge is 2.33. The SMILES string of the molecule is COc1cc(NC2CCCN(c3nccc(C(F)(F)F)n3)C2)cc(OC)c1. The minimum atomic E-state index is -4.48. The number of nitrogens with one attached hydrogen (secondary N) is 1. The van der Waals surface area contributed by atoms with E-state index in [0.717, 1.165) is 30.8 Å². The molecule has 0 saturated carbocycles. The zero-order valence-corrected chi connectivity index (χ0v) is 15.1. The smallest absolute Gasteiger partial charge is 0.433 e. The molecule has 0 radical (unpaired) electrons. The van der Waals surface area contributed by atoms with E-state index < -0.39 is 11.9 Å². The fourth-order valence-electron chi connectivity index (χ4n) is 3.06. The molecule has 0 bridgehead atoms. The molecule has 146 valence electrons. The van der Waals surface area contributed by atoms with Crippen LogP contribution in [0.5, 0.6) is 11.5 Å². The Bertz CT molecular complexity index is 763. The topological polar surface area (TPSA) is 59.5 Å². The molecule has 1 N–H and O–H groups in total. The second-order valence-electron chi connectivity index (χ2n) is 6.27. The molecule has 9 heteroatoms. The zero-order valence-electron chi connectivity index (χ0n) is 15.1. The summed E-state index contributed by atoms with van der Waals surface area (Å²) in [6, 6.07) is 6.39. The summed E-state index contributed by atoms with van der Waals surface area (Å²) in [5.74, 6) is 1.41. The summed E-state index contributed by atoms with van der Waals surface area (Å²) in [5, 5.41) is 3.40. The van der Waals surface area contributed by atoms with Gasteiger partial charge in [0.15, 0.2) is 0 Å². The molecule has 1 aliphatic rings. The van der Waals surface area contributed by atoms with Crippen LogP contribution in [-0.2, 0) is 6.18 Å². The lowest BCUT2D eigenvalue weighted by Crippen LogP contribution is -2.43. The van der Waals surface area contributed by atoms with Crippen LogP contribution in [0.15, 0.2) is 30.5 Å². The molecular weight excluding hydrogens is 361 g/mol. The van der Waals surface area contributed by atoms with Crippen LogP contribution in [0.3, 0.4) is 0 Å². The Labute approximate surface area is 155 Å². The molecule has 2 heterocycles. The molecule has 0 amide bonds. The second-order valence-corrected chi connectivity index (χ2v) is 6.27. The van der Waals surface area contributed by atoms with Crippen molar-refractivity contribution < 1.29 is 22.6 Å². The Morgan fingerprint density at radius 3 is 2.48 bits per heavy atom. The van der Waals surface area contributed by atoms with E-state index in [2.05, 4.69) is 15.3 Å². The molecule has 1 saturated heterocycles. The monoisotopic (exact) mass is 382 g/mol. The first-order valence-corrected chi connectivity index (χ1v) is 8.54. The van der Waals surface area contributed by atoms with Crippen molar-refractivity contribution in [1.82, 2.24) is 9.97 Å². The highest BCUT2D eigenvalue weighted by atomic mass is 19.4. The van der Waals surface area contributed by atoms with Crippen LogP contribution in [0, 0.1) is 0 Å². The van der Waals surface area contributed by atoms with Gasteiger partial charge in [0.2, 0.25) is 5.95 Å². The van der Waals surface area contributed by atoms with Gasteiger partial charge in [-0.1, -0.05) is 0 Å². The number of benzene rings is 1. The van der Waals surface area contributed by atoms with E-state index >= 15 is 0 Å². The Morgan fingerprint density at radius 2 is 1.85 bits per heavy atom. The van der Waals surface area contributed by atoms with Crippen molar-refractivity contribution >= 4 is 11.6 Å². The highest BCUT2D eigenvalue weighted by molar-refractivity contribution is 5.54. The van der Waals surface area contributed by atoms with Crippen molar-refractivity contribution in [1.29, 1.82) is 0 Å². The van der Waals surface area contributed by atoms with Crippen LogP contribution in [-0.4, -0.2) is 43.3 Å². The Hall–Kier alpha value is -2.71. The average Bonchev–Trinajstić information content (AvgIpc) is 2.67. The fraction of sp³-hybridized carbons (Fsp3) is 0.444. The molecule has 1 aromatic carbocycles. The van der Waals surface area contributed by atoms with Crippen molar-refractivity contribution in [2.75, 3.05) is 37.5 Å². The van der Waals surface area contributed by atoms with Crippen LogP contribution in [0.25, 0.3) is 0 Å². The average molecular weight is 382 g/mol. The molecule has 1 aromatic heterocycles. The van der Waals surface area contributed by atoms with Gasteiger partial charge < -0.3 is 19.7 Å². The van der Waals surface area contributed by atoms with Gasteiger partial charge in [0, 0.05) is 49.2 Å². The second kappa shape index (κ2) is 7.89. The summed E-state index contributed by atoms with van der Waals surface area (Å²) in [5.41, 5.74) is -0.108. The molecule has 1 aliphatic heterocycles. The Morgan fingerprint density at radius 1 is 1.15 bits per heavy atom. The van der Waals surface area contributed by atoms with Gasteiger partial charge in [-0.3, -0.25) is 0 Å². The van der Waals surface area contributed by atoms with Crippen molar-refractivity contribution in [2.24, 2.45) is 0 Å². The number of methoxy groups -OCH3 is 2. The standard InChI is InChI=1S/C18H21F3N4O2/c1-26-14-8-13(9-15(10-14)27-2)23-12-4-3-7-25(11-12)17-22-6-5-16(24-17)18(19,20)21/h5-6,8-10,12,23H,3-4,7,11H2,1-2H3. The maximum atomic E-state index is 12.9. The predicted octanol–water partition coefficient (Wildman–Crippen LogP) is 3.59. The maximum absolute atomic E-state index is 12.9. The van der Waals surface area contributed by atoms with Gasteiger partial charge in [0.05, 0.1) is 14.2 Å². The normalized spacial score (nSPS) is 17.5. The number of ether oxygens (including phenoxy) is 2. The quantitative estimate of drug-likeness (QED) is 0.853. The number of rotatable bonds is 5. The van der Waals surface area contributed by atoms with Crippen LogP contribution in [0.2, 0.25) is 0 Å². The zero-order chi connectivity index (χ0) is 19.4. The van der Waals surface area contributed by atoms with Gasteiger partial charge in [-0.05, 0) is 18.9 Å². The summed E-state index contributed by atoms with van der Waals surface area (Å²) in [6.07, 6.45) is -1.63. The van der Waals surface area contributed by atoms with Crippen LogP contribution in [0.1, 0.15) is 18.5 Å². The third-order valence-electron chi connectivity index (χ3n) is 4.36. The van der Waals surface area contributed by atoms with Gasteiger partial charge >= 0.3 is 6.18 Å². The first-order chi connectivity index (χ1) is 12.9. The van der Waals surface area contributed by atoms with E-state index in [4.69, 9.17) is 9.47 Å². The van der Waals surface area contributed by atoms with E-state index in [9.17, 15) is 13.2 Å². The third-order valence-corrected chi connectivity index (χ3v) is 4.36. The van der Waals surface area contributed by atoms with Crippen molar-refractivity contribution in [3.8, 4) is 11.5 Å². The Kier molecular flexibility index (Phi) is 5.57. The highest BCUT2D eigenvalue weighted by Crippen LogP contribution is 2.30. The lowest BCUT2D eigenvalue weighted by Gasteiger charge is -2.34. The molecule has 1 atom stereocenters. The molecule has 6 nitrogen and oxygen atoms in total. The number of anilines is 2. The first kappa shape index (κ1) is 19.1. The summed E-state index contributed by atoms with van der Waals surface area (Å²) < 4.78 is 49.2. The number of nitrogens with zero attached hydrogens (tertiary/aromatic N) is 3. The van der Waals surface area contributed by atoms with Crippen molar-refractivity contribution in [2.45, 2.75) is 25.1 Å². The number of hydrogen-bond donors (Lipinski definition) is 1. The third kappa shape index (κ3) is 4.72. The number of alkyl halides is 3. The van der Waals surface area contributed by atoms with Crippen LogP contribution < -0.4 is 19.7 Å². The fourth-order valence-corrected chi connectivity index (χ4v) is 3.06. The van der Waals surface area contributed by atoms with E-state index in [-0.39, 0.29) is 12.0 Å². The van der Waals surface area contributed by atoms with Crippen LogP contribution >= 0.6 is 0 Å². The van der Waals surface area contributed by atoms with Gasteiger partial charge in [0.25, 0.3) is 0 Å². The molecule has 3 rings (SSSR count). The number of piperidine rings is 1. The molecular formula is C18H21F3N4O2. The van der Waals surface area contributed by atoms with Gasteiger partial charge in [-0.25, -0.2) is 9.97 Å². The van der Waals surface area contributed by atoms with Gasteiger partial charge in [0.1, 0.15) is 17.2 Å². The minimum absolute atomic E-state index is 0.0358. The molecule has 1 unspecified atom stereocenters. The van der Waals surface area contributed by atoms with Crippen molar-refractivity contribution in [3.05, 3.63) is 36.2 Å². The van der Waals surface area contributed by atoms with E-state index in [1.165, 1.54) is 0 Å². The molecule has 2 aromatic rings. The van der Waals surface area contributed by atoms with Gasteiger partial charge in [-0.15, -0.1) is 0 Å². The molecule has 1 fully saturated rings. The van der Waals surface area contributed by atoms with E-state index in [1.54, 1.807) is 25.2 Å². The number of aromatic nitrogens is 2. The lowest BCUT2D eigenvalue weighted by atomic mass is 10.1. The summed E-state index contributed by atoms with van der Waals surface area (Å²) in [4.78, 5) is 9.48.